The summed E-state index contributed by atoms with van der Waals surface area (Å²) in [5.41, 5.74) is 5.77. The maximum atomic E-state index is 6.94. The van der Waals surface area contributed by atoms with Gasteiger partial charge in [-0.25, -0.2) is 0 Å². The van der Waals surface area contributed by atoms with Gasteiger partial charge >= 0.3 is 0 Å². The van der Waals surface area contributed by atoms with Crippen LogP contribution in [0.15, 0.2) is 36.4 Å². The van der Waals surface area contributed by atoms with Crippen LogP contribution in [0.4, 0.5) is 0 Å². The second kappa shape index (κ2) is 21.3. The third-order valence-electron chi connectivity index (χ3n) is 8.25. The topological polar surface area (TPSA) is 55.4 Å². The molecular weight excluding hydrogens is 576 g/mol. The van der Waals surface area contributed by atoms with Crippen LogP contribution in [0.25, 0.3) is 0 Å². The highest BCUT2D eigenvalue weighted by molar-refractivity contribution is 6.31. The van der Waals surface area contributed by atoms with E-state index in [1.165, 1.54) is 11.1 Å². The standard InChI is InChI=1S/C37H57ClO6/c1-6-10-17-40-27-36-37(43-19-12-8-3)35(42-18-11-7-2)25-34(44-36)32-23-30(22-29-15-13-28(9-4)14-16-29)33(38)24-31(32)26-41-21-20-39-5/h13-16,23-24,34-37H,6-12,17-22,25-27H2,1-5H3/t34-,35-,36-,37+/m1/s1. The lowest BCUT2D eigenvalue weighted by Crippen LogP contribution is -2.50. The Kier molecular flexibility index (Phi) is 17.9. The number of halogens is 1. The van der Waals surface area contributed by atoms with Crippen LogP contribution in [-0.2, 0) is 47.9 Å². The van der Waals surface area contributed by atoms with Crippen molar-refractivity contribution in [3.05, 3.63) is 69.2 Å². The van der Waals surface area contributed by atoms with Crippen LogP contribution in [0.3, 0.4) is 0 Å². The van der Waals surface area contributed by atoms with Crippen molar-refractivity contribution in [1.82, 2.24) is 0 Å². The molecular formula is C37H57ClO6. The molecule has 6 nitrogen and oxygen atoms in total. The van der Waals surface area contributed by atoms with Gasteiger partial charge in [-0.2, -0.15) is 0 Å². The van der Waals surface area contributed by atoms with Gasteiger partial charge in [-0.15, -0.1) is 0 Å². The summed E-state index contributed by atoms with van der Waals surface area (Å²) in [6.45, 7) is 12.8. The first kappa shape index (κ1) is 37.0. The van der Waals surface area contributed by atoms with Gasteiger partial charge in [0.1, 0.15) is 12.2 Å². The van der Waals surface area contributed by atoms with Gasteiger partial charge in [0, 0.05) is 38.4 Å². The fraction of sp³-hybridized carbons (Fsp3) is 0.676. The molecule has 1 saturated heterocycles. The minimum atomic E-state index is -0.239. The molecule has 1 heterocycles. The SMILES string of the molecule is CCCCOC[C@H]1O[C@@H](c2cc(Cc3ccc(CC)cc3)c(Cl)cc2COCCOC)C[C@@H](OCCCC)[C@@H]1OCCCC. The first-order valence-corrected chi connectivity index (χ1v) is 17.3. The predicted octanol–water partition coefficient (Wildman–Crippen LogP) is 8.67. The smallest absolute Gasteiger partial charge is 0.112 e. The number of methoxy groups -OCH3 is 1. The summed E-state index contributed by atoms with van der Waals surface area (Å²) in [5.74, 6) is 0. The maximum absolute atomic E-state index is 6.94. The van der Waals surface area contributed by atoms with E-state index < -0.39 is 0 Å². The van der Waals surface area contributed by atoms with Gasteiger partial charge in [0.2, 0.25) is 0 Å². The van der Waals surface area contributed by atoms with E-state index in [-0.39, 0.29) is 24.4 Å². The number of unbranched alkanes of at least 4 members (excludes halogenated alkanes) is 3. The van der Waals surface area contributed by atoms with E-state index in [9.17, 15) is 0 Å². The number of hydrogen-bond donors (Lipinski definition) is 0. The lowest BCUT2D eigenvalue weighted by atomic mass is 9.89. The first-order chi connectivity index (χ1) is 21.5. The molecule has 248 valence electrons. The molecule has 2 aromatic carbocycles. The van der Waals surface area contributed by atoms with E-state index in [0.717, 1.165) is 73.1 Å². The molecule has 0 aliphatic carbocycles. The second-order valence-electron chi connectivity index (χ2n) is 11.8. The van der Waals surface area contributed by atoms with Crippen LogP contribution < -0.4 is 0 Å². The highest BCUT2D eigenvalue weighted by Crippen LogP contribution is 2.39. The maximum Gasteiger partial charge on any atom is 0.112 e. The normalized spacial score (nSPS) is 20.3. The van der Waals surface area contributed by atoms with Crippen molar-refractivity contribution in [2.24, 2.45) is 0 Å². The number of rotatable bonds is 22. The van der Waals surface area contributed by atoms with Crippen molar-refractivity contribution in [2.45, 2.75) is 117 Å². The van der Waals surface area contributed by atoms with Gasteiger partial charge in [-0.3, -0.25) is 0 Å². The molecule has 2 aromatic rings. The summed E-state index contributed by atoms with van der Waals surface area (Å²) < 4.78 is 37.4. The number of hydrogen-bond acceptors (Lipinski definition) is 6. The summed E-state index contributed by atoms with van der Waals surface area (Å²) in [4.78, 5) is 0. The summed E-state index contributed by atoms with van der Waals surface area (Å²) in [6, 6.07) is 13.1. The van der Waals surface area contributed by atoms with E-state index in [1.807, 2.05) is 0 Å². The molecule has 7 heteroatoms. The summed E-state index contributed by atoms with van der Waals surface area (Å²) in [7, 11) is 1.68. The third-order valence-corrected chi connectivity index (χ3v) is 8.60. The van der Waals surface area contributed by atoms with E-state index in [0.29, 0.717) is 52.7 Å². The molecule has 3 rings (SSSR count). The van der Waals surface area contributed by atoms with Crippen LogP contribution in [0.5, 0.6) is 0 Å². The Labute approximate surface area is 272 Å². The molecule has 4 atom stereocenters. The highest BCUT2D eigenvalue weighted by atomic mass is 35.5. The Balaban J connectivity index is 1.95. The highest BCUT2D eigenvalue weighted by Gasteiger charge is 2.41. The molecule has 1 fully saturated rings. The van der Waals surface area contributed by atoms with Gasteiger partial charge in [0.05, 0.1) is 38.6 Å². The van der Waals surface area contributed by atoms with Crippen molar-refractivity contribution in [3.63, 3.8) is 0 Å². The molecule has 1 aliphatic rings. The number of ether oxygens (including phenoxy) is 6. The van der Waals surface area contributed by atoms with Gasteiger partial charge in [0.25, 0.3) is 0 Å². The Morgan fingerprint density at radius 1 is 0.773 bits per heavy atom. The largest absolute Gasteiger partial charge is 0.382 e. The van der Waals surface area contributed by atoms with Crippen molar-refractivity contribution >= 4 is 11.6 Å². The average Bonchev–Trinajstić information content (AvgIpc) is 3.04. The van der Waals surface area contributed by atoms with E-state index in [2.05, 4.69) is 64.1 Å². The Hall–Kier alpha value is -1.51. The predicted molar refractivity (Wildman–Crippen MR) is 179 cm³/mol. The Bertz CT molecular complexity index is 1050. The zero-order valence-electron chi connectivity index (χ0n) is 27.9. The number of benzene rings is 2. The minimum absolute atomic E-state index is 0.0973. The van der Waals surface area contributed by atoms with E-state index in [4.69, 9.17) is 40.0 Å². The average molecular weight is 633 g/mol. The van der Waals surface area contributed by atoms with Gasteiger partial charge < -0.3 is 28.4 Å². The fourth-order valence-corrected chi connectivity index (χ4v) is 5.76. The van der Waals surface area contributed by atoms with Crippen LogP contribution in [0.2, 0.25) is 5.02 Å². The molecule has 0 radical (unpaired) electrons. The molecule has 1 aliphatic heterocycles. The molecule has 0 aromatic heterocycles. The van der Waals surface area contributed by atoms with Crippen molar-refractivity contribution < 1.29 is 28.4 Å². The molecule has 0 saturated carbocycles. The lowest BCUT2D eigenvalue weighted by Gasteiger charge is -2.42. The van der Waals surface area contributed by atoms with Crippen molar-refractivity contribution in [2.75, 3.05) is 46.8 Å². The van der Waals surface area contributed by atoms with Crippen molar-refractivity contribution in [1.29, 1.82) is 0 Å². The van der Waals surface area contributed by atoms with E-state index >= 15 is 0 Å². The van der Waals surface area contributed by atoms with Crippen LogP contribution in [0, 0.1) is 0 Å². The summed E-state index contributed by atoms with van der Waals surface area (Å²) in [5, 5.41) is 0.741. The zero-order valence-corrected chi connectivity index (χ0v) is 28.7. The monoisotopic (exact) mass is 632 g/mol. The fourth-order valence-electron chi connectivity index (χ4n) is 5.50. The van der Waals surface area contributed by atoms with Crippen LogP contribution in [-0.4, -0.2) is 65.1 Å². The van der Waals surface area contributed by atoms with E-state index in [1.54, 1.807) is 7.11 Å². The molecule has 0 bridgehead atoms. The Morgan fingerprint density at radius 3 is 2.14 bits per heavy atom. The minimum Gasteiger partial charge on any atom is -0.382 e. The quantitative estimate of drug-likeness (QED) is 0.121. The Morgan fingerprint density at radius 2 is 1.45 bits per heavy atom. The van der Waals surface area contributed by atoms with Gasteiger partial charge in [0.15, 0.2) is 0 Å². The molecule has 0 spiro atoms. The second-order valence-corrected chi connectivity index (χ2v) is 12.2. The zero-order chi connectivity index (χ0) is 31.6. The third kappa shape index (κ3) is 12.0. The molecule has 0 amide bonds. The van der Waals surface area contributed by atoms with Crippen LogP contribution >= 0.6 is 11.6 Å². The summed E-state index contributed by atoms with van der Waals surface area (Å²) in [6.07, 6.45) is 8.05. The van der Waals surface area contributed by atoms with Crippen molar-refractivity contribution in [3.8, 4) is 0 Å². The number of aryl methyl sites for hydroxylation is 1. The molecule has 44 heavy (non-hydrogen) atoms. The van der Waals surface area contributed by atoms with Gasteiger partial charge in [-0.1, -0.05) is 88.9 Å². The molecule has 0 N–H and O–H groups in total. The van der Waals surface area contributed by atoms with Gasteiger partial charge in [-0.05, 0) is 66.0 Å². The summed E-state index contributed by atoms with van der Waals surface area (Å²) >= 11 is 6.94. The molecule has 0 unspecified atom stereocenters. The first-order valence-electron chi connectivity index (χ1n) is 17.0. The van der Waals surface area contributed by atoms with Crippen LogP contribution in [0.1, 0.15) is 107 Å². The lowest BCUT2D eigenvalue weighted by molar-refractivity contribution is -0.216.